The summed E-state index contributed by atoms with van der Waals surface area (Å²) in [4.78, 5) is 13.9. The van der Waals surface area contributed by atoms with Crippen LogP contribution in [0.1, 0.15) is 6.92 Å². The molecule has 5 nitrogen and oxygen atoms in total. The molecular formula is C10H10N3O2. The number of carbonyl (C=O) groups excluding carboxylic acids is 1. The molecule has 0 N–H and O–H groups in total. The number of rotatable bonds is 4. The molecular weight excluding hydrogens is 194 g/mol. The molecule has 0 aromatic rings. The largest absolute Gasteiger partial charge is 0.462 e. The van der Waals surface area contributed by atoms with Gasteiger partial charge in [0.2, 0.25) is 0 Å². The summed E-state index contributed by atoms with van der Waals surface area (Å²) in [5.74, 6) is 0.182. The summed E-state index contributed by atoms with van der Waals surface area (Å²) in [6.45, 7) is 1.94. The van der Waals surface area contributed by atoms with E-state index in [0.29, 0.717) is 0 Å². The highest BCUT2D eigenvalue weighted by Crippen LogP contribution is 2.25. The first kappa shape index (κ1) is 11.6. The molecule has 5 heteroatoms. The van der Waals surface area contributed by atoms with Crippen LogP contribution in [0.4, 0.5) is 0 Å². The summed E-state index contributed by atoms with van der Waals surface area (Å²) in [7, 11) is 0. The Morgan fingerprint density at radius 2 is 2.27 bits per heavy atom. The minimum absolute atomic E-state index is 0.0365. The predicted molar refractivity (Wildman–Crippen MR) is 54.3 cm³/mol. The highest BCUT2D eigenvalue weighted by atomic mass is 16.5. The van der Waals surface area contributed by atoms with E-state index in [0.717, 1.165) is 5.92 Å². The SMILES string of the molecule is CCOC(=O)/C(=C/[C]1[CH][CH][CH][CH]1)N=[N+]=[N-]. The Kier molecular flexibility index (Phi) is 4.71. The van der Waals surface area contributed by atoms with Crippen LogP contribution in [0.5, 0.6) is 0 Å². The Morgan fingerprint density at radius 1 is 1.60 bits per heavy atom. The van der Waals surface area contributed by atoms with Gasteiger partial charge in [0.25, 0.3) is 0 Å². The quantitative estimate of drug-likeness (QED) is 0.231. The van der Waals surface area contributed by atoms with Gasteiger partial charge in [0.15, 0.2) is 0 Å². The van der Waals surface area contributed by atoms with E-state index in [1.54, 1.807) is 19.8 Å². The van der Waals surface area contributed by atoms with Gasteiger partial charge in [0.1, 0.15) is 5.70 Å². The van der Waals surface area contributed by atoms with Crippen LogP contribution in [-0.4, -0.2) is 12.6 Å². The van der Waals surface area contributed by atoms with Crippen molar-refractivity contribution >= 4 is 5.97 Å². The highest BCUT2D eigenvalue weighted by molar-refractivity contribution is 5.88. The first-order valence-corrected chi connectivity index (χ1v) is 4.43. The fourth-order valence-electron chi connectivity index (χ4n) is 1.02. The highest BCUT2D eigenvalue weighted by Gasteiger charge is 2.18. The number of allylic oxidation sites excluding steroid dienone is 1. The molecule has 1 aliphatic rings. The van der Waals surface area contributed by atoms with Crippen molar-refractivity contribution in [2.75, 3.05) is 6.61 Å². The zero-order chi connectivity index (χ0) is 11.1. The summed E-state index contributed by atoms with van der Waals surface area (Å²) in [5.41, 5.74) is 8.26. The lowest BCUT2D eigenvalue weighted by molar-refractivity contribution is -0.138. The van der Waals surface area contributed by atoms with E-state index in [1.807, 2.05) is 12.8 Å². The average Bonchev–Trinajstić information content (AvgIpc) is 2.70. The molecule has 0 spiro atoms. The smallest absolute Gasteiger partial charge is 0.340 e. The minimum atomic E-state index is -0.614. The van der Waals surface area contributed by atoms with Gasteiger partial charge in [-0.05, 0) is 38.1 Å². The van der Waals surface area contributed by atoms with E-state index in [1.165, 1.54) is 6.08 Å². The normalized spacial score (nSPS) is 17.3. The monoisotopic (exact) mass is 204 g/mol. The number of azide groups is 1. The molecule has 0 heterocycles. The molecule has 5 radical (unpaired) electrons. The van der Waals surface area contributed by atoms with Crippen LogP contribution in [0.2, 0.25) is 0 Å². The van der Waals surface area contributed by atoms with Crippen molar-refractivity contribution in [2.24, 2.45) is 5.11 Å². The third-order valence-corrected chi connectivity index (χ3v) is 1.63. The van der Waals surface area contributed by atoms with Crippen LogP contribution in [0.3, 0.4) is 0 Å². The van der Waals surface area contributed by atoms with Gasteiger partial charge in [0, 0.05) is 10.8 Å². The molecule has 0 atom stereocenters. The fourth-order valence-corrected chi connectivity index (χ4v) is 1.02. The Morgan fingerprint density at radius 3 is 2.80 bits per heavy atom. The van der Waals surface area contributed by atoms with Crippen molar-refractivity contribution in [3.05, 3.63) is 53.8 Å². The molecule has 0 aromatic carbocycles. The molecule has 1 fully saturated rings. The van der Waals surface area contributed by atoms with Crippen LogP contribution < -0.4 is 0 Å². The number of ether oxygens (including phenoxy) is 1. The van der Waals surface area contributed by atoms with Crippen molar-refractivity contribution in [1.29, 1.82) is 0 Å². The lowest BCUT2D eigenvalue weighted by Gasteiger charge is -2.04. The van der Waals surface area contributed by atoms with Crippen molar-refractivity contribution < 1.29 is 9.53 Å². The standard InChI is InChI=1S/C10H10N3O2/c1-2-15-10(14)9(12-13-11)7-8-5-3-4-6-8/h3-7H,2H2,1H3/b9-7-. The zero-order valence-electron chi connectivity index (χ0n) is 8.25. The van der Waals surface area contributed by atoms with Crippen molar-refractivity contribution in [3.63, 3.8) is 0 Å². The summed E-state index contributed by atoms with van der Waals surface area (Å²) in [5, 5.41) is 3.28. The second-order valence-corrected chi connectivity index (χ2v) is 2.66. The molecule has 1 rings (SSSR count). The number of nitrogens with zero attached hydrogens (tertiary/aromatic N) is 3. The Balaban J connectivity index is 2.71. The lowest BCUT2D eigenvalue weighted by atomic mass is 10.1. The number of carbonyl (C=O) groups is 1. The zero-order valence-corrected chi connectivity index (χ0v) is 8.25. The topological polar surface area (TPSA) is 75.1 Å². The van der Waals surface area contributed by atoms with Crippen LogP contribution in [0.25, 0.3) is 10.4 Å². The molecule has 0 amide bonds. The van der Waals surface area contributed by atoms with E-state index in [4.69, 9.17) is 10.3 Å². The maximum Gasteiger partial charge on any atom is 0.340 e. The van der Waals surface area contributed by atoms with Crippen molar-refractivity contribution in [2.45, 2.75) is 6.92 Å². The predicted octanol–water partition coefficient (Wildman–Crippen LogP) is 2.15. The number of hydrogen-bond donors (Lipinski definition) is 0. The third-order valence-electron chi connectivity index (χ3n) is 1.63. The van der Waals surface area contributed by atoms with E-state index < -0.39 is 5.97 Å². The third kappa shape index (κ3) is 3.64. The first-order valence-electron chi connectivity index (χ1n) is 4.43. The van der Waals surface area contributed by atoms with Gasteiger partial charge in [-0.3, -0.25) is 0 Å². The van der Waals surface area contributed by atoms with Gasteiger partial charge in [-0.15, -0.1) is 0 Å². The minimum Gasteiger partial charge on any atom is -0.462 e. The van der Waals surface area contributed by atoms with Gasteiger partial charge in [0.05, 0.1) is 6.61 Å². The summed E-state index contributed by atoms with van der Waals surface area (Å²) in [6, 6.07) is 0. The molecule has 0 bridgehead atoms. The molecule has 1 aliphatic carbocycles. The Bertz CT molecular complexity index is 300. The lowest BCUT2D eigenvalue weighted by Crippen LogP contribution is -2.07. The van der Waals surface area contributed by atoms with Crippen molar-refractivity contribution in [1.82, 2.24) is 0 Å². The molecule has 1 saturated carbocycles. The van der Waals surface area contributed by atoms with Crippen LogP contribution in [0, 0.1) is 31.6 Å². The van der Waals surface area contributed by atoms with Gasteiger partial charge in [-0.1, -0.05) is 11.2 Å². The molecule has 0 saturated heterocycles. The average molecular weight is 204 g/mol. The number of hydrogen-bond acceptors (Lipinski definition) is 3. The second-order valence-electron chi connectivity index (χ2n) is 2.66. The Hall–Kier alpha value is -1.48. The molecule has 77 valence electrons. The number of esters is 1. The Labute approximate surface area is 88.7 Å². The van der Waals surface area contributed by atoms with Crippen molar-refractivity contribution in [3.8, 4) is 0 Å². The van der Waals surface area contributed by atoms with Gasteiger partial charge >= 0.3 is 5.97 Å². The molecule has 0 aliphatic heterocycles. The summed E-state index contributed by atoms with van der Waals surface area (Å²) in [6.07, 6.45) is 8.73. The second kappa shape index (κ2) is 6.09. The van der Waals surface area contributed by atoms with E-state index in [2.05, 4.69) is 10.0 Å². The first-order chi connectivity index (χ1) is 7.27. The van der Waals surface area contributed by atoms with E-state index >= 15 is 0 Å². The molecule has 15 heavy (non-hydrogen) atoms. The fraction of sp³-hybridized carbons (Fsp3) is 0.200. The van der Waals surface area contributed by atoms with Crippen LogP contribution >= 0.6 is 0 Å². The van der Waals surface area contributed by atoms with Gasteiger partial charge < -0.3 is 4.74 Å². The summed E-state index contributed by atoms with van der Waals surface area (Å²) >= 11 is 0. The van der Waals surface area contributed by atoms with Crippen LogP contribution in [0.15, 0.2) is 16.9 Å². The van der Waals surface area contributed by atoms with Gasteiger partial charge in [-0.25, -0.2) is 4.79 Å². The molecule has 0 aromatic heterocycles. The molecule has 0 unspecified atom stereocenters. The van der Waals surface area contributed by atoms with Gasteiger partial charge in [-0.2, -0.15) is 0 Å². The van der Waals surface area contributed by atoms with Crippen LogP contribution in [-0.2, 0) is 9.53 Å². The summed E-state index contributed by atoms with van der Waals surface area (Å²) < 4.78 is 4.73. The maximum atomic E-state index is 11.3. The van der Waals surface area contributed by atoms with E-state index in [9.17, 15) is 4.79 Å². The maximum absolute atomic E-state index is 11.3. The van der Waals surface area contributed by atoms with E-state index in [-0.39, 0.29) is 12.3 Å².